The van der Waals surface area contributed by atoms with E-state index in [1.165, 1.54) is 0 Å². The maximum Gasteiger partial charge on any atom is 0.410 e. The molecule has 0 aliphatic carbocycles. The molecule has 2 unspecified atom stereocenters. The second-order valence-electron chi connectivity index (χ2n) is 8.74. The van der Waals surface area contributed by atoms with Crippen LogP contribution in [0, 0.1) is 12.8 Å². The summed E-state index contributed by atoms with van der Waals surface area (Å²) in [5.41, 5.74) is 1.69. The van der Waals surface area contributed by atoms with Crippen LogP contribution in [-0.4, -0.2) is 49.1 Å². The third-order valence-electron chi connectivity index (χ3n) is 5.43. The van der Waals surface area contributed by atoms with Crippen LogP contribution in [0.5, 0.6) is 0 Å². The van der Waals surface area contributed by atoms with Gasteiger partial charge in [0.2, 0.25) is 0 Å². The predicted octanol–water partition coefficient (Wildman–Crippen LogP) is 3.40. The third kappa shape index (κ3) is 3.42. The quantitative estimate of drug-likeness (QED) is 0.757. The molecule has 2 aliphatic heterocycles. The summed E-state index contributed by atoms with van der Waals surface area (Å²) in [5.74, 6) is 0.00962. The molecule has 2 bridgehead atoms. The van der Waals surface area contributed by atoms with Crippen LogP contribution in [-0.2, 0) is 4.74 Å². The number of amides is 1. The largest absolute Gasteiger partial charge is 0.444 e. The Labute approximate surface area is 158 Å². The number of nitrogens with zero attached hydrogens (tertiary/aromatic N) is 4. The van der Waals surface area contributed by atoms with Crippen LogP contribution in [0.3, 0.4) is 0 Å². The second kappa shape index (κ2) is 6.32. The molecule has 0 radical (unpaired) electrons. The fourth-order valence-corrected chi connectivity index (χ4v) is 4.36. The van der Waals surface area contributed by atoms with Crippen LogP contribution < -0.4 is 0 Å². The van der Waals surface area contributed by atoms with Crippen LogP contribution in [0.2, 0.25) is 0 Å². The van der Waals surface area contributed by atoms with Crippen molar-refractivity contribution in [1.29, 1.82) is 0 Å². The Morgan fingerprint density at radius 1 is 1.19 bits per heavy atom. The number of carbonyl (C=O) groups excluding carboxylic acids is 2. The van der Waals surface area contributed by atoms with Crippen molar-refractivity contribution in [2.45, 2.75) is 71.1 Å². The van der Waals surface area contributed by atoms with Gasteiger partial charge >= 0.3 is 6.09 Å². The Bertz CT molecular complexity index is 884. The molecular weight excluding hydrogens is 344 g/mol. The van der Waals surface area contributed by atoms with E-state index in [0.717, 1.165) is 24.2 Å². The Morgan fingerprint density at radius 2 is 1.85 bits per heavy atom. The molecule has 0 saturated carbocycles. The van der Waals surface area contributed by atoms with Gasteiger partial charge < -0.3 is 9.64 Å². The van der Waals surface area contributed by atoms with Crippen molar-refractivity contribution in [2.24, 2.45) is 5.92 Å². The summed E-state index contributed by atoms with van der Waals surface area (Å²) >= 11 is 0. The summed E-state index contributed by atoms with van der Waals surface area (Å²) < 4.78 is 7.23. The smallest absolute Gasteiger partial charge is 0.410 e. The maximum atomic E-state index is 13.1. The molecule has 0 N–H and O–H groups in total. The number of ketones is 1. The van der Waals surface area contributed by atoms with Crippen molar-refractivity contribution < 1.29 is 14.3 Å². The highest BCUT2D eigenvalue weighted by molar-refractivity contribution is 5.97. The standard InChI is InChI=1S/C20H26N4O3/c1-12-7-17-21-10-14(11-23(17)22-12)18(25)13-8-15-5-6-16(9-13)24(15)19(26)27-20(2,3)4/h7,10-11,13,15-16H,5-6,8-9H2,1-4H3. The summed E-state index contributed by atoms with van der Waals surface area (Å²) in [6, 6.07) is 2.04. The zero-order valence-corrected chi connectivity index (χ0v) is 16.3. The topological polar surface area (TPSA) is 76.8 Å². The molecule has 27 heavy (non-hydrogen) atoms. The molecule has 4 rings (SSSR count). The number of rotatable bonds is 2. The third-order valence-corrected chi connectivity index (χ3v) is 5.43. The Hall–Kier alpha value is -2.44. The molecule has 2 fully saturated rings. The predicted molar refractivity (Wildman–Crippen MR) is 99.7 cm³/mol. The molecule has 0 aromatic carbocycles. The number of aromatic nitrogens is 3. The van der Waals surface area contributed by atoms with Crippen LogP contribution >= 0.6 is 0 Å². The molecule has 0 spiro atoms. The molecule has 2 atom stereocenters. The Balaban J connectivity index is 1.50. The first kappa shape index (κ1) is 17.9. The zero-order valence-electron chi connectivity index (χ0n) is 16.3. The van der Waals surface area contributed by atoms with Crippen LogP contribution in [0.4, 0.5) is 4.79 Å². The number of piperidine rings is 1. The normalized spacial score (nSPS) is 25.0. The van der Waals surface area contributed by atoms with E-state index in [1.54, 1.807) is 16.9 Å². The van der Waals surface area contributed by atoms with Gasteiger partial charge in [0.05, 0.1) is 11.3 Å². The minimum Gasteiger partial charge on any atom is -0.444 e. The van der Waals surface area contributed by atoms with Gasteiger partial charge in [0, 0.05) is 36.5 Å². The molecule has 2 aromatic heterocycles. The highest BCUT2D eigenvalue weighted by Crippen LogP contribution is 2.40. The van der Waals surface area contributed by atoms with Gasteiger partial charge in [-0.2, -0.15) is 5.10 Å². The van der Waals surface area contributed by atoms with E-state index in [9.17, 15) is 9.59 Å². The minimum absolute atomic E-state index is 0.0798. The molecule has 4 heterocycles. The molecule has 7 nitrogen and oxygen atoms in total. The van der Waals surface area contributed by atoms with Crippen molar-refractivity contribution in [2.75, 3.05) is 0 Å². The fourth-order valence-electron chi connectivity index (χ4n) is 4.36. The zero-order chi connectivity index (χ0) is 19.3. The van der Waals surface area contributed by atoms with Gasteiger partial charge in [-0.1, -0.05) is 0 Å². The van der Waals surface area contributed by atoms with Gasteiger partial charge in [-0.15, -0.1) is 0 Å². The Morgan fingerprint density at radius 3 is 2.48 bits per heavy atom. The monoisotopic (exact) mass is 370 g/mol. The first-order valence-electron chi connectivity index (χ1n) is 9.59. The van der Waals surface area contributed by atoms with Crippen molar-refractivity contribution >= 4 is 17.5 Å². The van der Waals surface area contributed by atoms with Crippen molar-refractivity contribution in [3.05, 3.63) is 29.7 Å². The second-order valence-corrected chi connectivity index (χ2v) is 8.74. The Kier molecular flexibility index (Phi) is 4.20. The van der Waals surface area contributed by atoms with Crippen molar-refractivity contribution in [1.82, 2.24) is 19.5 Å². The van der Waals surface area contributed by atoms with Crippen LogP contribution in [0.1, 0.15) is 62.5 Å². The van der Waals surface area contributed by atoms with E-state index in [1.807, 2.05) is 38.7 Å². The number of fused-ring (bicyclic) bond motifs is 3. The number of aryl methyl sites for hydroxylation is 1. The average molecular weight is 370 g/mol. The van der Waals surface area contributed by atoms with E-state index in [-0.39, 0.29) is 29.9 Å². The lowest BCUT2D eigenvalue weighted by atomic mass is 9.85. The first-order valence-corrected chi connectivity index (χ1v) is 9.59. The molecule has 7 heteroatoms. The van der Waals surface area contributed by atoms with Gasteiger partial charge in [0.1, 0.15) is 5.60 Å². The highest BCUT2D eigenvalue weighted by Gasteiger charge is 2.46. The molecule has 1 amide bonds. The number of hydrogen-bond donors (Lipinski definition) is 0. The van der Waals surface area contributed by atoms with Gasteiger partial charge in [-0.3, -0.25) is 4.79 Å². The fraction of sp³-hybridized carbons (Fsp3) is 0.600. The molecule has 2 aromatic rings. The number of carbonyl (C=O) groups is 2. The SMILES string of the molecule is Cc1cc2ncc(C(=O)C3CC4CCC(C3)N4C(=O)OC(C)(C)C)cn2n1. The highest BCUT2D eigenvalue weighted by atomic mass is 16.6. The van der Waals surface area contributed by atoms with Crippen LogP contribution in [0.25, 0.3) is 5.65 Å². The van der Waals surface area contributed by atoms with Gasteiger partial charge in [-0.05, 0) is 53.4 Å². The lowest BCUT2D eigenvalue weighted by Crippen LogP contribution is -2.49. The van der Waals surface area contributed by atoms with E-state index in [0.29, 0.717) is 18.4 Å². The summed E-state index contributed by atoms with van der Waals surface area (Å²) in [6.45, 7) is 7.54. The summed E-state index contributed by atoms with van der Waals surface area (Å²) in [6.07, 6.45) is 6.39. The van der Waals surface area contributed by atoms with E-state index in [4.69, 9.17) is 4.74 Å². The molecular formula is C20H26N4O3. The lowest BCUT2D eigenvalue weighted by Gasteiger charge is -2.39. The average Bonchev–Trinajstić information content (AvgIpc) is 3.07. The van der Waals surface area contributed by atoms with E-state index < -0.39 is 5.60 Å². The van der Waals surface area contributed by atoms with Gasteiger partial charge in [0.15, 0.2) is 11.4 Å². The summed E-state index contributed by atoms with van der Waals surface area (Å²) in [7, 11) is 0. The first-order chi connectivity index (χ1) is 12.7. The summed E-state index contributed by atoms with van der Waals surface area (Å²) in [5, 5.41) is 4.35. The maximum absolute atomic E-state index is 13.1. The number of Topliss-reactive ketones (excluding diaryl/α,β-unsaturated/α-hetero) is 1. The number of hydrogen-bond acceptors (Lipinski definition) is 5. The molecule has 144 valence electrons. The van der Waals surface area contributed by atoms with Crippen molar-refractivity contribution in [3.8, 4) is 0 Å². The molecule has 2 aliphatic rings. The van der Waals surface area contributed by atoms with Crippen LogP contribution in [0.15, 0.2) is 18.5 Å². The minimum atomic E-state index is -0.508. The van der Waals surface area contributed by atoms with Gasteiger partial charge in [-0.25, -0.2) is 14.3 Å². The summed E-state index contributed by atoms with van der Waals surface area (Å²) in [4.78, 5) is 31.8. The van der Waals surface area contributed by atoms with E-state index in [2.05, 4.69) is 10.1 Å². The van der Waals surface area contributed by atoms with Gasteiger partial charge in [0.25, 0.3) is 0 Å². The number of ether oxygens (including phenoxy) is 1. The molecule has 2 saturated heterocycles. The van der Waals surface area contributed by atoms with Crippen molar-refractivity contribution in [3.63, 3.8) is 0 Å². The van der Waals surface area contributed by atoms with E-state index >= 15 is 0 Å². The lowest BCUT2D eigenvalue weighted by molar-refractivity contribution is 0.00253.